The van der Waals surface area contributed by atoms with Crippen molar-refractivity contribution in [2.45, 2.75) is 105 Å². The summed E-state index contributed by atoms with van der Waals surface area (Å²) in [5, 5.41) is 0. The Hall–Kier alpha value is -0.310. The van der Waals surface area contributed by atoms with Crippen molar-refractivity contribution in [3.05, 3.63) is 0 Å². The van der Waals surface area contributed by atoms with Gasteiger partial charge < -0.3 is 0 Å². The zero-order chi connectivity index (χ0) is 18.9. The van der Waals surface area contributed by atoms with E-state index in [0.717, 1.165) is 37.2 Å². The molecule has 0 spiro atoms. The number of thioether (sulfide) groups is 1. The summed E-state index contributed by atoms with van der Waals surface area (Å²) in [6.45, 7) is 8.80. The minimum absolute atomic E-state index is 0.410. The monoisotopic (exact) mass is 370 g/mol. The molecule has 2 unspecified atom stereocenters. The van der Waals surface area contributed by atoms with E-state index in [4.69, 9.17) is 0 Å². The van der Waals surface area contributed by atoms with Crippen molar-refractivity contribution in [3.63, 3.8) is 0 Å². The Morgan fingerprint density at radius 3 is 1.44 bits per heavy atom. The Morgan fingerprint density at radius 2 is 1.12 bits per heavy atom. The number of carbonyl (C=O) groups is 2. The van der Waals surface area contributed by atoms with Gasteiger partial charge in [-0.1, -0.05) is 79.1 Å². The number of unbranched alkanes of at least 4 members (excludes halogenated alkanes) is 2. The van der Waals surface area contributed by atoms with Gasteiger partial charge in [-0.2, -0.15) is 11.8 Å². The molecule has 25 heavy (non-hydrogen) atoms. The molecule has 0 aromatic heterocycles. The summed E-state index contributed by atoms with van der Waals surface area (Å²) in [5.74, 6) is 3.73. The lowest BCUT2D eigenvalue weighted by molar-refractivity contribution is -0.120. The minimum Gasteiger partial charge on any atom is -0.300 e. The lowest BCUT2D eigenvalue weighted by atomic mass is 9.93. The second kappa shape index (κ2) is 17.1. The predicted octanol–water partition coefficient (Wildman–Crippen LogP) is 6.85. The van der Waals surface area contributed by atoms with E-state index >= 15 is 0 Å². The Kier molecular flexibility index (Phi) is 16.9. The molecule has 0 saturated heterocycles. The van der Waals surface area contributed by atoms with Crippen LogP contribution in [0.15, 0.2) is 0 Å². The van der Waals surface area contributed by atoms with Crippen LogP contribution in [0.3, 0.4) is 0 Å². The highest BCUT2D eigenvalue weighted by Gasteiger charge is 2.13. The van der Waals surface area contributed by atoms with E-state index < -0.39 is 0 Å². The Balaban J connectivity index is 3.76. The lowest BCUT2D eigenvalue weighted by Gasteiger charge is -2.13. The van der Waals surface area contributed by atoms with Crippen LogP contribution in [0.5, 0.6) is 0 Å². The average Bonchev–Trinajstić information content (AvgIpc) is 2.61. The molecule has 0 rings (SSSR count). The van der Waals surface area contributed by atoms with Crippen LogP contribution in [0.25, 0.3) is 0 Å². The number of rotatable bonds is 18. The topological polar surface area (TPSA) is 34.1 Å². The van der Waals surface area contributed by atoms with Crippen LogP contribution in [-0.4, -0.2) is 23.1 Å². The largest absolute Gasteiger partial charge is 0.300 e. The van der Waals surface area contributed by atoms with Crippen LogP contribution in [0.1, 0.15) is 105 Å². The lowest BCUT2D eigenvalue weighted by Crippen LogP contribution is -2.10. The highest BCUT2D eigenvalue weighted by molar-refractivity contribution is 7.99. The van der Waals surface area contributed by atoms with Crippen LogP contribution < -0.4 is 0 Å². The Labute approximate surface area is 161 Å². The summed E-state index contributed by atoms with van der Waals surface area (Å²) >= 11 is 1.77. The number of Topliss-reactive ketones (excluding diaryl/α,β-unsaturated/α-hetero) is 2. The van der Waals surface area contributed by atoms with E-state index in [1.807, 2.05) is 0 Å². The van der Waals surface area contributed by atoms with E-state index in [1.54, 1.807) is 11.8 Å². The highest BCUT2D eigenvalue weighted by Crippen LogP contribution is 2.20. The molecule has 0 aromatic carbocycles. The van der Waals surface area contributed by atoms with Crippen molar-refractivity contribution in [3.8, 4) is 0 Å². The van der Waals surface area contributed by atoms with Gasteiger partial charge >= 0.3 is 0 Å². The maximum atomic E-state index is 12.1. The molecule has 0 aliphatic carbocycles. The Morgan fingerprint density at radius 1 is 0.720 bits per heavy atom. The van der Waals surface area contributed by atoms with E-state index in [-0.39, 0.29) is 0 Å². The summed E-state index contributed by atoms with van der Waals surface area (Å²) in [6.07, 6.45) is 12.4. The first-order valence-corrected chi connectivity index (χ1v) is 11.8. The van der Waals surface area contributed by atoms with Crippen molar-refractivity contribution >= 4 is 23.3 Å². The fraction of sp³-hybridized carbons (Fsp3) is 0.909. The second-order valence-corrected chi connectivity index (χ2v) is 8.66. The summed E-state index contributed by atoms with van der Waals surface area (Å²) in [7, 11) is 0. The zero-order valence-electron chi connectivity index (χ0n) is 17.3. The molecule has 0 aliphatic rings. The number of hydrogen-bond donors (Lipinski definition) is 0. The van der Waals surface area contributed by atoms with Crippen LogP contribution >= 0.6 is 11.8 Å². The molecular formula is C22H42O2S. The van der Waals surface area contributed by atoms with Gasteiger partial charge in [-0.15, -0.1) is 0 Å². The van der Waals surface area contributed by atoms with E-state index in [2.05, 4.69) is 27.7 Å². The second-order valence-electron chi connectivity index (χ2n) is 7.43. The van der Waals surface area contributed by atoms with Crippen molar-refractivity contribution in [2.24, 2.45) is 11.8 Å². The number of carbonyl (C=O) groups excluding carboxylic acids is 2. The van der Waals surface area contributed by atoms with Gasteiger partial charge in [0.25, 0.3) is 0 Å². The van der Waals surface area contributed by atoms with Gasteiger partial charge in [-0.3, -0.25) is 9.59 Å². The molecule has 0 amide bonds. The molecule has 148 valence electrons. The fourth-order valence-corrected chi connectivity index (χ4v) is 4.16. The van der Waals surface area contributed by atoms with Gasteiger partial charge in [-0.25, -0.2) is 0 Å². The standard InChI is InChI=1S/C22H42O2S/c1-5-9-11-19(7-3)17-21(23)13-15-25-16-14-22(24)18-20(8-4)12-10-6-2/h19-20H,5-18H2,1-4H3. The van der Waals surface area contributed by atoms with E-state index in [1.165, 1.54) is 38.5 Å². The van der Waals surface area contributed by atoms with Crippen molar-refractivity contribution in [1.82, 2.24) is 0 Å². The first-order valence-electron chi connectivity index (χ1n) is 10.7. The fourth-order valence-electron chi connectivity index (χ4n) is 3.21. The molecule has 0 radical (unpaired) electrons. The van der Waals surface area contributed by atoms with Crippen LogP contribution in [0.4, 0.5) is 0 Å². The summed E-state index contributed by atoms with van der Waals surface area (Å²) < 4.78 is 0. The molecule has 0 aromatic rings. The molecule has 0 aliphatic heterocycles. The third-order valence-corrected chi connectivity index (χ3v) is 6.16. The van der Waals surface area contributed by atoms with Gasteiger partial charge in [0.05, 0.1) is 0 Å². The number of hydrogen-bond acceptors (Lipinski definition) is 3. The summed E-state index contributed by atoms with van der Waals surface area (Å²) in [5.41, 5.74) is 0. The molecule has 3 heteroatoms. The average molecular weight is 371 g/mol. The van der Waals surface area contributed by atoms with Crippen LogP contribution in [-0.2, 0) is 9.59 Å². The molecule has 0 N–H and O–H groups in total. The van der Waals surface area contributed by atoms with Crippen LogP contribution in [0.2, 0.25) is 0 Å². The van der Waals surface area contributed by atoms with Crippen molar-refractivity contribution in [1.29, 1.82) is 0 Å². The summed E-state index contributed by atoms with van der Waals surface area (Å²) in [4.78, 5) is 24.2. The normalized spacial score (nSPS) is 13.6. The maximum Gasteiger partial charge on any atom is 0.134 e. The van der Waals surface area contributed by atoms with Crippen molar-refractivity contribution in [2.75, 3.05) is 11.5 Å². The molecule has 0 heterocycles. The van der Waals surface area contributed by atoms with Gasteiger partial charge in [0, 0.05) is 37.2 Å². The molecule has 0 fully saturated rings. The third kappa shape index (κ3) is 14.5. The molecule has 0 bridgehead atoms. The van der Waals surface area contributed by atoms with Crippen LogP contribution in [0, 0.1) is 11.8 Å². The SMILES string of the molecule is CCCCC(CC)CC(=O)CCSCCC(=O)CC(CC)CCCC. The number of ketones is 2. The zero-order valence-corrected chi connectivity index (χ0v) is 18.1. The first kappa shape index (κ1) is 24.7. The first-order chi connectivity index (χ1) is 12.1. The quantitative estimate of drug-likeness (QED) is 0.247. The van der Waals surface area contributed by atoms with Gasteiger partial charge in [0.15, 0.2) is 0 Å². The van der Waals surface area contributed by atoms with Crippen molar-refractivity contribution < 1.29 is 9.59 Å². The molecular weight excluding hydrogens is 328 g/mol. The smallest absolute Gasteiger partial charge is 0.134 e. The molecule has 2 nitrogen and oxygen atoms in total. The summed E-state index contributed by atoms with van der Waals surface area (Å²) in [6, 6.07) is 0. The third-order valence-electron chi connectivity index (χ3n) is 5.17. The highest BCUT2D eigenvalue weighted by atomic mass is 32.2. The van der Waals surface area contributed by atoms with E-state index in [9.17, 15) is 9.59 Å². The maximum absolute atomic E-state index is 12.1. The molecule has 0 saturated carbocycles. The predicted molar refractivity (Wildman–Crippen MR) is 112 cm³/mol. The van der Waals surface area contributed by atoms with Gasteiger partial charge in [0.1, 0.15) is 11.6 Å². The van der Waals surface area contributed by atoms with Gasteiger partial charge in [0.2, 0.25) is 0 Å². The van der Waals surface area contributed by atoms with Gasteiger partial charge in [-0.05, 0) is 11.8 Å². The Bertz CT molecular complexity index is 309. The molecule has 2 atom stereocenters. The minimum atomic E-state index is 0.410. The van der Waals surface area contributed by atoms with E-state index in [0.29, 0.717) is 36.2 Å².